The number of hydrogen-bond donors (Lipinski definition) is 0. The third-order valence-electron chi connectivity index (χ3n) is 2.62. The molecule has 0 aromatic carbocycles. The van der Waals surface area contributed by atoms with Crippen LogP contribution in [0.2, 0.25) is 0 Å². The van der Waals surface area contributed by atoms with E-state index < -0.39 is 24.0 Å². The van der Waals surface area contributed by atoms with Crippen LogP contribution >= 0.6 is 0 Å². The van der Waals surface area contributed by atoms with Gasteiger partial charge in [0.05, 0.1) is 6.10 Å². The fourth-order valence-corrected chi connectivity index (χ4v) is 1.58. The zero-order chi connectivity index (χ0) is 14.0. The minimum Gasteiger partial charge on any atom is -0.457 e. The van der Waals surface area contributed by atoms with E-state index in [0.717, 1.165) is 19.3 Å². The van der Waals surface area contributed by atoms with Gasteiger partial charge >= 0.3 is 12.0 Å². The first-order chi connectivity index (χ1) is 8.49. The predicted molar refractivity (Wildman–Crippen MR) is 63.9 cm³/mol. The molecule has 0 amide bonds. The first-order valence-electron chi connectivity index (χ1n) is 6.40. The quantitative estimate of drug-likeness (QED) is 0.342. The molecular weight excluding hydrogens is 245 g/mol. The van der Waals surface area contributed by atoms with Crippen LogP contribution in [0.15, 0.2) is 11.9 Å². The van der Waals surface area contributed by atoms with Crippen molar-refractivity contribution >= 4 is 5.97 Å². The van der Waals surface area contributed by atoms with Crippen LogP contribution in [-0.2, 0) is 9.53 Å². The number of ether oxygens (including phenoxy) is 1. The molecule has 2 nitrogen and oxygen atoms in total. The monoisotopic (exact) mass is 266 g/mol. The van der Waals surface area contributed by atoms with E-state index in [2.05, 4.69) is 11.7 Å². The molecule has 0 radical (unpaired) electrons. The lowest BCUT2D eigenvalue weighted by atomic mass is 10.1. The third kappa shape index (κ3) is 8.14. The Hall–Kier alpha value is -1.00. The summed E-state index contributed by atoms with van der Waals surface area (Å²) in [5.41, 5.74) is 0. The predicted octanol–water partition coefficient (Wildman–Crippen LogP) is 4.75. The number of esters is 1. The van der Waals surface area contributed by atoms with Crippen molar-refractivity contribution in [2.24, 2.45) is 0 Å². The maximum Gasteiger partial charge on any atom is 0.373 e. The van der Waals surface area contributed by atoms with Gasteiger partial charge in [0.15, 0.2) is 0 Å². The van der Waals surface area contributed by atoms with E-state index in [4.69, 9.17) is 0 Å². The van der Waals surface area contributed by atoms with E-state index in [-0.39, 0.29) is 0 Å². The van der Waals surface area contributed by atoms with Crippen molar-refractivity contribution in [1.82, 2.24) is 0 Å². The molecular formula is C13H21F3O2. The molecule has 0 aliphatic heterocycles. The molecule has 1 atom stereocenters. The van der Waals surface area contributed by atoms with E-state index >= 15 is 0 Å². The molecule has 0 aliphatic rings. The highest BCUT2D eigenvalue weighted by Gasteiger charge is 2.19. The van der Waals surface area contributed by atoms with Crippen molar-refractivity contribution in [3.63, 3.8) is 0 Å². The highest BCUT2D eigenvalue weighted by Crippen LogP contribution is 2.14. The molecule has 18 heavy (non-hydrogen) atoms. The lowest BCUT2D eigenvalue weighted by Gasteiger charge is -2.11. The Morgan fingerprint density at radius 1 is 1.06 bits per heavy atom. The zero-order valence-corrected chi connectivity index (χ0v) is 11.0. The Morgan fingerprint density at radius 3 is 2.17 bits per heavy atom. The molecule has 0 N–H and O–H groups in total. The summed E-state index contributed by atoms with van der Waals surface area (Å²) in [5, 5.41) is 0. The lowest BCUT2D eigenvalue weighted by molar-refractivity contribution is -0.146. The number of rotatable bonds is 9. The average molecular weight is 266 g/mol. The molecule has 0 aliphatic carbocycles. The molecule has 0 aromatic heterocycles. The molecule has 0 saturated carbocycles. The van der Waals surface area contributed by atoms with Gasteiger partial charge < -0.3 is 4.74 Å². The van der Waals surface area contributed by atoms with Crippen LogP contribution in [0.3, 0.4) is 0 Å². The van der Waals surface area contributed by atoms with Crippen molar-refractivity contribution in [2.45, 2.75) is 64.9 Å². The van der Waals surface area contributed by atoms with Crippen molar-refractivity contribution < 1.29 is 22.7 Å². The van der Waals surface area contributed by atoms with Gasteiger partial charge in [0.25, 0.3) is 5.83 Å². The Bertz CT molecular complexity index is 273. The summed E-state index contributed by atoms with van der Waals surface area (Å²) in [6.07, 6.45) is 3.93. The summed E-state index contributed by atoms with van der Waals surface area (Å²) in [5.74, 6) is -3.67. The molecule has 106 valence electrons. The van der Waals surface area contributed by atoms with Gasteiger partial charge in [0, 0.05) is 0 Å². The summed E-state index contributed by atoms with van der Waals surface area (Å²) >= 11 is 0. The number of halogens is 3. The zero-order valence-electron chi connectivity index (χ0n) is 11.0. The van der Waals surface area contributed by atoms with Crippen LogP contribution < -0.4 is 0 Å². The van der Waals surface area contributed by atoms with Crippen LogP contribution in [0.5, 0.6) is 0 Å². The Morgan fingerprint density at radius 2 is 1.61 bits per heavy atom. The van der Waals surface area contributed by atoms with E-state index in [0.29, 0.717) is 6.42 Å². The SMILES string of the molecule is CCCCCCCCC(C)OC(=O)C(F)=C(F)F. The lowest BCUT2D eigenvalue weighted by Crippen LogP contribution is -2.15. The Balaban J connectivity index is 3.69. The van der Waals surface area contributed by atoms with Crippen molar-refractivity contribution in [2.75, 3.05) is 0 Å². The summed E-state index contributed by atoms with van der Waals surface area (Å²) < 4.78 is 40.5. The first-order valence-corrected chi connectivity index (χ1v) is 6.40. The molecule has 0 heterocycles. The Kier molecular flexibility index (Phi) is 9.42. The first kappa shape index (κ1) is 17.0. The smallest absolute Gasteiger partial charge is 0.373 e. The summed E-state index contributed by atoms with van der Waals surface area (Å²) in [7, 11) is 0. The Labute approximate surface area is 106 Å². The topological polar surface area (TPSA) is 26.3 Å². The van der Waals surface area contributed by atoms with E-state index in [9.17, 15) is 18.0 Å². The van der Waals surface area contributed by atoms with Gasteiger partial charge in [0.1, 0.15) is 0 Å². The second kappa shape index (κ2) is 9.97. The number of unbranched alkanes of at least 4 members (excludes halogenated alkanes) is 5. The van der Waals surface area contributed by atoms with Gasteiger partial charge in [-0.15, -0.1) is 0 Å². The third-order valence-corrected chi connectivity index (χ3v) is 2.62. The fraction of sp³-hybridized carbons (Fsp3) is 0.769. The molecule has 0 aromatic rings. The molecule has 0 spiro atoms. The van der Waals surface area contributed by atoms with Crippen LogP contribution in [0, 0.1) is 0 Å². The van der Waals surface area contributed by atoms with E-state index in [1.54, 1.807) is 6.92 Å². The van der Waals surface area contributed by atoms with E-state index in [1.165, 1.54) is 19.3 Å². The van der Waals surface area contributed by atoms with Gasteiger partial charge in [-0.2, -0.15) is 13.2 Å². The second-order valence-electron chi connectivity index (χ2n) is 4.35. The summed E-state index contributed by atoms with van der Waals surface area (Å²) in [6, 6.07) is 0. The largest absolute Gasteiger partial charge is 0.457 e. The maximum atomic E-state index is 12.5. The van der Waals surface area contributed by atoms with Crippen LogP contribution in [0.4, 0.5) is 13.2 Å². The van der Waals surface area contributed by atoms with Crippen molar-refractivity contribution in [1.29, 1.82) is 0 Å². The molecule has 5 heteroatoms. The van der Waals surface area contributed by atoms with Gasteiger partial charge in [-0.05, 0) is 19.8 Å². The van der Waals surface area contributed by atoms with Gasteiger partial charge in [0.2, 0.25) is 0 Å². The maximum absolute atomic E-state index is 12.5. The van der Waals surface area contributed by atoms with Crippen LogP contribution in [0.1, 0.15) is 58.8 Å². The molecule has 1 unspecified atom stereocenters. The number of carbonyl (C=O) groups excluding carboxylic acids is 1. The van der Waals surface area contributed by atoms with Crippen molar-refractivity contribution in [3.8, 4) is 0 Å². The normalized spacial score (nSPS) is 12.1. The van der Waals surface area contributed by atoms with Crippen LogP contribution in [-0.4, -0.2) is 12.1 Å². The molecule has 0 saturated heterocycles. The minimum absolute atomic E-state index is 0.534. The molecule has 0 fully saturated rings. The second-order valence-corrected chi connectivity index (χ2v) is 4.35. The highest BCUT2D eigenvalue weighted by molar-refractivity contribution is 5.86. The van der Waals surface area contributed by atoms with Crippen LogP contribution in [0.25, 0.3) is 0 Å². The summed E-state index contributed by atoms with van der Waals surface area (Å²) in [6.45, 7) is 3.71. The van der Waals surface area contributed by atoms with Gasteiger partial charge in [-0.1, -0.05) is 39.0 Å². The highest BCUT2D eigenvalue weighted by atomic mass is 19.3. The fourth-order valence-electron chi connectivity index (χ4n) is 1.58. The molecule has 0 rings (SSSR count). The van der Waals surface area contributed by atoms with Crippen molar-refractivity contribution in [3.05, 3.63) is 11.9 Å². The minimum atomic E-state index is -2.63. The summed E-state index contributed by atoms with van der Waals surface area (Å²) in [4.78, 5) is 10.8. The van der Waals surface area contributed by atoms with Gasteiger partial charge in [-0.3, -0.25) is 0 Å². The molecule has 0 bridgehead atoms. The average Bonchev–Trinajstić information content (AvgIpc) is 2.32. The van der Waals surface area contributed by atoms with E-state index in [1.807, 2.05) is 0 Å². The van der Waals surface area contributed by atoms with Gasteiger partial charge in [-0.25, -0.2) is 4.79 Å². The number of hydrogen-bond acceptors (Lipinski definition) is 2. The number of carbonyl (C=O) groups is 1. The standard InChI is InChI=1S/C13H21F3O2/c1-3-4-5-6-7-8-9-10(2)18-13(17)11(14)12(15)16/h10H,3-9H2,1-2H3.